The first-order valence-electron chi connectivity index (χ1n) is 4.63. The van der Waals surface area contributed by atoms with Crippen molar-refractivity contribution in [2.24, 2.45) is 0 Å². The first-order valence-corrected chi connectivity index (χ1v) is 5.54. The minimum atomic E-state index is 0.264. The van der Waals surface area contributed by atoms with Gasteiger partial charge in [-0.1, -0.05) is 23.8 Å². The van der Waals surface area contributed by atoms with Gasteiger partial charge in [0.05, 0.1) is 5.02 Å². The smallest absolute Gasteiger partial charge is 0.231 e. The molecule has 1 aromatic rings. The molecule has 0 N–H and O–H groups in total. The second kappa shape index (κ2) is 4.77. The molecule has 1 aliphatic heterocycles. The average molecular weight is 245 g/mol. The molecule has 0 fully saturated rings. The molecule has 2 nitrogen and oxygen atoms in total. The summed E-state index contributed by atoms with van der Waals surface area (Å²) in [5, 5.41) is 0.657. The van der Waals surface area contributed by atoms with Gasteiger partial charge in [-0.25, -0.2) is 0 Å². The van der Waals surface area contributed by atoms with Gasteiger partial charge in [-0.2, -0.15) is 0 Å². The number of hydrogen-bond donors (Lipinski definition) is 0. The van der Waals surface area contributed by atoms with Gasteiger partial charge in [0.2, 0.25) is 6.79 Å². The molecule has 1 aromatic carbocycles. The summed E-state index contributed by atoms with van der Waals surface area (Å²) in [5.41, 5.74) is 0.922. The Bertz CT molecular complexity index is 388. The second-order valence-electron chi connectivity index (χ2n) is 3.11. The van der Waals surface area contributed by atoms with Gasteiger partial charge in [0.1, 0.15) is 0 Å². The minimum Gasteiger partial charge on any atom is -0.454 e. The third-order valence-corrected chi connectivity index (χ3v) is 2.61. The van der Waals surface area contributed by atoms with Crippen molar-refractivity contribution in [1.82, 2.24) is 0 Å². The lowest BCUT2D eigenvalue weighted by Crippen LogP contribution is -1.92. The topological polar surface area (TPSA) is 18.5 Å². The highest BCUT2D eigenvalue weighted by Gasteiger charge is 2.15. The summed E-state index contributed by atoms with van der Waals surface area (Å²) >= 11 is 11.6. The fraction of sp³-hybridized carbons (Fsp3) is 0.273. The first-order chi connectivity index (χ1) is 7.31. The summed E-state index contributed by atoms with van der Waals surface area (Å²) in [7, 11) is 0. The highest BCUT2D eigenvalue weighted by atomic mass is 35.5. The molecule has 0 bridgehead atoms. The normalized spacial score (nSPS) is 13.7. The molecular formula is C11H10Cl2O2. The molecule has 0 saturated heterocycles. The molecule has 0 aliphatic carbocycles. The van der Waals surface area contributed by atoms with Crippen LogP contribution in [-0.2, 0) is 0 Å². The van der Waals surface area contributed by atoms with E-state index in [4.69, 9.17) is 32.7 Å². The standard InChI is InChI=1S/C11H10Cl2O2/c12-4-2-1-3-8-5-10-11(6-9(8)13)15-7-14-10/h1,3,5-6H,2,4,7H2. The number of benzene rings is 1. The molecule has 4 heteroatoms. The van der Waals surface area contributed by atoms with Crippen LogP contribution in [0, 0.1) is 0 Å². The van der Waals surface area contributed by atoms with Crippen molar-refractivity contribution in [3.63, 3.8) is 0 Å². The Kier molecular flexibility index (Phi) is 3.39. The molecule has 0 radical (unpaired) electrons. The molecule has 0 aromatic heterocycles. The number of ether oxygens (including phenoxy) is 2. The summed E-state index contributed by atoms with van der Waals surface area (Å²) in [5.74, 6) is 2.05. The van der Waals surface area contributed by atoms with Crippen LogP contribution in [0.5, 0.6) is 11.5 Å². The van der Waals surface area contributed by atoms with Crippen molar-refractivity contribution in [1.29, 1.82) is 0 Å². The molecule has 2 rings (SSSR count). The zero-order valence-electron chi connectivity index (χ0n) is 8.00. The van der Waals surface area contributed by atoms with E-state index in [1.54, 1.807) is 6.07 Å². The van der Waals surface area contributed by atoms with Gasteiger partial charge < -0.3 is 9.47 Å². The van der Waals surface area contributed by atoms with Crippen LogP contribution in [0.2, 0.25) is 5.02 Å². The minimum absolute atomic E-state index is 0.264. The van der Waals surface area contributed by atoms with Crippen LogP contribution in [0.25, 0.3) is 6.08 Å². The van der Waals surface area contributed by atoms with Gasteiger partial charge in [-0.05, 0) is 18.1 Å². The van der Waals surface area contributed by atoms with Crippen molar-refractivity contribution in [2.75, 3.05) is 12.7 Å². The van der Waals surface area contributed by atoms with Crippen molar-refractivity contribution in [2.45, 2.75) is 6.42 Å². The van der Waals surface area contributed by atoms with Crippen molar-refractivity contribution >= 4 is 29.3 Å². The first kappa shape index (κ1) is 10.7. The summed E-state index contributed by atoms with van der Waals surface area (Å²) < 4.78 is 10.5. The van der Waals surface area contributed by atoms with Crippen LogP contribution >= 0.6 is 23.2 Å². The zero-order valence-corrected chi connectivity index (χ0v) is 9.52. The Hall–Kier alpha value is -0.860. The van der Waals surface area contributed by atoms with Gasteiger partial charge in [-0.3, -0.25) is 0 Å². The van der Waals surface area contributed by atoms with E-state index in [0.29, 0.717) is 16.7 Å². The van der Waals surface area contributed by atoms with Gasteiger partial charge in [0.15, 0.2) is 11.5 Å². The molecule has 15 heavy (non-hydrogen) atoms. The number of fused-ring (bicyclic) bond motifs is 1. The van der Waals surface area contributed by atoms with E-state index >= 15 is 0 Å². The Labute approximate surface area is 98.4 Å². The fourth-order valence-corrected chi connectivity index (χ4v) is 1.68. The molecular weight excluding hydrogens is 235 g/mol. The maximum absolute atomic E-state index is 6.07. The van der Waals surface area contributed by atoms with E-state index in [0.717, 1.165) is 17.7 Å². The highest BCUT2D eigenvalue weighted by molar-refractivity contribution is 6.32. The Balaban J connectivity index is 2.24. The van der Waals surface area contributed by atoms with Crippen molar-refractivity contribution < 1.29 is 9.47 Å². The van der Waals surface area contributed by atoms with Crippen LogP contribution in [0.3, 0.4) is 0 Å². The third kappa shape index (κ3) is 2.39. The predicted octanol–water partition coefficient (Wildman–Crippen LogP) is 3.71. The molecule has 0 saturated carbocycles. The maximum Gasteiger partial charge on any atom is 0.231 e. The van der Waals surface area contributed by atoms with E-state index in [1.165, 1.54) is 0 Å². The summed E-state index contributed by atoms with van der Waals surface area (Å²) in [6.45, 7) is 0.264. The summed E-state index contributed by atoms with van der Waals surface area (Å²) in [6.07, 6.45) is 4.75. The molecule has 0 amide bonds. The van der Waals surface area contributed by atoms with Crippen LogP contribution in [0.15, 0.2) is 18.2 Å². The number of halogens is 2. The number of alkyl halides is 1. The molecule has 0 unspecified atom stereocenters. The Morgan fingerprint density at radius 1 is 1.27 bits per heavy atom. The SMILES string of the molecule is ClCCC=Cc1cc2c(cc1Cl)OCO2. The van der Waals surface area contributed by atoms with Gasteiger partial charge in [0, 0.05) is 11.9 Å². The molecule has 1 heterocycles. The van der Waals surface area contributed by atoms with Crippen molar-refractivity contribution in [3.8, 4) is 11.5 Å². The largest absolute Gasteiger partial charge is 0.454 e. The summed E-state index contributed by atoms with van der Waals surface area (Å²) in [6, 6.07) is 3.64. The van der Waals surface area contributed by atoms with Crippen LogP contribution in [-0.4, -0.2) is 12.7 Å². The van der Waals surface area contributed by atoms with Crippen LogP contribution in [0.4, 0.5) is 0 Å². The highest BCUT2D eigenvalue weighted by Crippen LogP contribution is 2.37. The number of hydrogen-bond acceptors (Lipinski definition) is 2. The molecule has 80 valence electrons. The zero-order chi connectivity index (χ0) is 10.7. The van der Waals surface area contributed by atoms with Gasteiger partial charge in [-0.15, -0.1) is 11.6 Å². The summed E-state index contributed by atoms with van der Waals surface area (Å²) in [4.78, 5) is 0. The Morgan fingerprint density at radius 3 is 2.73 bits per heavy atom. The van der Waals surface area contributed by atoms with Crippen molar-refractivity contribution in [3.05, 3.63) is 28.8 Å². The monoisotopic (exact) mass is 244 g/mol. The van der Waals surface area contributed by atoms with E-state index < -0.39 is 0 Å². The molecule has 0 atom stereocenters. The lowest BCUT2D eigenvalue weighted by Gasteiger charge is -2.01. The Morgan fingerprint density at radius 2 is 2.00 bits per heavy atom. The third-order valence-electron chi connectivity index (χ3n) is 2.07. The maximum atomic E-state index is 6.07. The van der Waals surface area contributed by atoms with Gasteiger partial charge in [0.25, 0.3) is 0 Å². The molecule has 1 aliphatic rings. The van der Waals surface area contributed by atoms with E-state index in [2.05, 4.69) is 0 Å². The lowest BCUT2D eigenvalue weighted by molar-refractivity contribution is 0.174. The average Bonchev–Trinajstić information content (AvgIpc) is 2.65. The van der Waals surface area contributed by atoms with Crippen LogP contribution < -0.4 is 9.47 Å². The predicted molar refractivity (Wildman–Crippen MR) is 61.9 cm³/mol. The second-order valence-corrected chi connectivity index (χ2v) is 3.89. The number of allylic oxidation sites excluding steroid dienone is 1. The van der Waals surface area contributed by atoms with E-state index in [1.807, 2.05) is 18.2 Å². The number of rotatable bonds is 3. The lowest BCUT2D eigenvalue weighted by atomic mass is 10.2. The fourth-order valence-electron chi connectivity index (χ4n) is 1.33. The van der Waals surface area contributed by atoms with E-state index in [9.17, 15) is 0 Å². The van der Waals surface area contributed by atoms with E-state index in [-0.39, 0.29) is 6.79 Å². The quantitative estimate of drug-likeness (QED) is 0.755. The molecule has 0 spiro atoms. The van der Waals surface area contributed by atoms with Crippen LogP contribution in [0.1, 0.15) is 12.0 Å². The van der Waals surface area contributed by atoms with Gasteiger partial charge >= 0.3 is 0 Å².